The number of carbonyl (C=O) groups excluding carboxylic acids is 2. The fourth-order valence-electron chi connectivity index (χ4n) is 2.77. The van der Waals surface area contributed by atoms with E-state index in [9.17, 15) is 9.59 Å². The first-order valence-electron chi connectivity index (χ1n) is 8.16. The largest absolute Gasteiger partial charge is 0.465 e. The lowest BCUT2D eigenvalue weighted by Crippen LogP contribution is -2.54. The highest BCUT2D eigenvalue weighted by Crippen LogP contribution is 2.13. The zero-order valence-electron chi connectivity index (χ0n) is 14.0. The summed E-state index contributed by atoms with van der Waals surface area (Å²) in [7, 11) is 0. The Morgan fingerprint density at radius 3 is 2.12 bits per heavy atom. The molecule has 1 atom stereocenters. The van der Waals surface area contributed by atoms with Crippen molar-refractivity contribution < 1.29 is 18.4 Å². The summed E-state index contributed by atoms with van der Waals surface area (Å²) in [6, 6.07) is 7.06. The highest BCUT2D eigenvalue weighted by atomic mass is 16.3. The van der Waals surface area contributed by atoms with E-state index in [0.29, 0.717) is 31.2 Å². The van der Waals surface area contributed by atoms with Gasteiger partial charge in [0, 0.05) is 37.8 Å². The molecular formula is C19H20N2O4. The van der Waals surface area contributed by atoms with Gasteiger partial charge in [-0.2, -0.15) is 0 Å². The number of carbonyl (C=O) groups is 2. The number of nitrogens with zero attached hydrogens (tertiary/aromatic N) is 2. The Morgan fingerprint density at radius 1 is 1.00 bits per heavy atom. The number of piperazine rings is 1. The second kappa shape index (κ2) is 7.70. The van der Waals surface area contributed by atoms with Gasteiger partial charge >= 0.3 is 0 Å². The van der Waals surface area contributed by atoms with Crippen molar-refractivity contribution in [2.75, 3.05) is 19.6 Å². The van der Waals surface area contributed by atoms with Gasteiger partial charge in [-0.1, -0.05) is 0 Å². The molecule has 0 spiro atoms. The Hall–Kier alpha value is -3.02. The Labute approximate surface area is 146 Å². The first-order chi connectivity index (χ1) is 12.1. The molecule has 0 saturated carbocycles. The normalized spacial score (nSPS) is 18.4. The predicted molar refractivity (Wildman–Crippen MR) is 93.2 cm³/mol. The van der Waals surface area contributed by atoms with Crippen LogP contribution in [0.2, 0.25) is 0 Å². The van der Waals surface area contributed by atoms with Gasteiger partial charge in [-0.25, -0.2) is 0 Å². The van der Waals surface area contributed by atoms with Gasteiger partial charge in [-0.05, 0) is 43.3 Å². The van der Waals surface area contributed by atoms with E-state index in [2.05, 4.69) is 0 Å². The van der Waals surface area contributed by atoms with Crippen molar-refractivity contribution >= 4 is 24.0 Å². The van der Waals surface area contributed by atoms with Gasteiger partial charge in [0.25, 0.3) is 0 Å². The molecule has 6 nitrogen and oxygen atoms in total. The molecule has 25 heavy (non-hydrogen) atoms. The first kappa shape index (κ1) is 16.8. The third-order valence-electron chi connectivity index (χ3n) is 4.09. The molecule has 6 heteroatoms. The molecule has 0 aromatic carbocycles. The van der Waals surface area contributed by atoms with E-state index in [-0.39, 0.29) is 17.9 Å². The number of furan rings is 2. The quantitative estimate of drug-likeness (QED) is 0.803. The highest BCUT2D eigenvalue weighted by Gasteiger charge is 2.27. The van der Waals surface area contributed by atoms with Crippen LogP contribution in [0, 0.1) is 0 Å². The summed E-state index contributed by atoms with van der Waals surface area (Å²) in [6.07, 6.45) is 9.43. The predicted octanol–water partition coefficient (Wildman–Crippen LogP) is 2.66. The van der Waals surface area contributed by atoms with Crippen molar-refractivity contribution in [3.8, 4) is 0 Å². The third kappa shape index (κ3) is 4.29. The average Bonchev–Trinajstić information content (AvgIpc) is 3.31. The molecule has 130 valence electrons. The van der Waals surface area contributed by atoms with Crippen molar-refractivity contribution in [2.45, 2.75) is 13.0 Å². The third-order valence-corrected chi connectivity index (χ3v) is 4.09. The van der Waals surface area contributed by atoms with Crippen LogP contribution < -0.4 is 0 Å². The zero-order valence-corrected chi connectivity index (χ0v) is 14.0. The summed E-state index contributed by atoms with van der Waals surface area (Å²) in [4.78, 5) is 28.1. The minimum Gasteiger partial charge on any atom is -0.465 e. The van der Waals surface area contributed by atoms with E-state index >= 15 is 0 Å². The summed E-state index contributed by atoms with van der Waals surface area (Å²) in [5.74, 6) is 1.11. The zero-order chi connectivity index (χ0) is 17.6. The molecule has 0 N–H and O–H groups in total. The molecular weight excluding hydrogens is 320 g/mol. The number of amides is 2. The fraction of sp³-hybridized carbons (Fsp3) is 0.263. The van der Waals surface area contributed by atoms with Gasteiger partial charge in [0.1, 0.15) is 11.5 Å². The van der Waals surface area contributed by atoms with Crippen LogP contribution in [-0.2, 0) is 9.59 Å². The molecule has 2 amide bonds. The lowest BCUT2D eigenvalue weighted by molar-refractivity contribution is -0.136. The summed E-state index contributed by atoms with van der Waals surface area (Å²) >= 11 is 0. The minimum atomic E-state index is -0.0820. The average molecular weight is 340 g/mol. The molecule has 0 bridgehead atoms. The summed E-state index contributed by atoms with van der Waals surface area (Å²) in [6.45, 7) is 3.45. The maximum Gasteiger partial charge on any atom is 0.247 e. The molecule has 2 aromatic rings. The topological polar surface area (TPSA) is 66.9 Å². The van der Waals surface area contributed by atoms with E-state index in [4.69, 9.17) is 8.83 Å². The molecule has 1 aliphatic heterocycles. The molecule has 3 heterocycles. The monoisotopic (exact) mass is 340 g/mol. The number of rotatable bonds is 4. The lowest BCUT2D eigenvalue weighted by Gasteiger charge is -2.39. The van der Waals surface area contributed by atoms with Crippen molar-refractivity contribution in [3.63, 3.8) is 0 Å². The lowest BCUT2D eigenvalue weighted by atomic mass is 10.1. The van der Waals surface area contributed by atoms with E-state index in [1.165, 1.54) is 12.2 Å². The van der Waals surface area contributed by atoms with Gasteiger partial charge in [0.2, 0.25) is 11.8 Å². The van der Waals surface area contributed by atoms with Crippen molar-refractivity contribution in [3.05, 3.63) is 60.5 Å². The molecule has 1 aliphatic rings. The van der Waals surface area contributed by atoms with Crippen LogP contribution in [0.5, 0.6) is 0 Å². The molecule has 0 aliphatic carbocycles. The molecule has 2 aromatic heterocycles. The van der Waals surface area contributed by atoms with Crippen LogP contribution in [0.1, 0.15) is 18.4 Å². The molecule has 0 radical (unpaired) electrons. The van der Waals surface area contributed by atoms with E-state index in [1.54, 1.807) is 58.7 Å². The van der Waals surface area contributed by atoms with Crippen LogP contribution in [0.4, 0.5) is 0 Å². The molecule has 1 saturated heterocycles. The van der Waals surface area contributed by atoms with Crippen LogP contribution in [0.15, 0.2) is 57.8 Å². The number of hydrogen-bond acceptors (Lipinski definition) is 4. The Morgan fingerprint density at radius 2 is 1.60 bits per heavy atom. The molecule has 1 fully saturated rings. The maximum absolute atomic E-state index is 12.3. The van der Waals surface area contributed by atoms with Gasteiger partial charge in [0.05, 0.1) is 12.5 Å². The number of hydrogen-bond donors (Lipinski definition) is 0. The second-order valence-corrected chi connectivity index (χ2v) is 5.86. The van der Waals surface area contributed by atoms with Crippen LogP contribution in [-0.4, -0.2) is 47.3 Å². The Balaban J connectivity index is 1.55. The first-order valence-corrected chi connectivity index (χ1v) is 8.16. The molecule has 3 rings (SSSR count). The van der Waals surface area contributed by atoms with E-state index in [1.807, 2.05) is 6.92 Å². The maximum atomic E-state index is 12.3. The van der Waals surface area contributed by atoms with Gasteiger partial charge in [0.15, 0.2) is 0 Å². The fourth-order valence-corrected chi connectivity index (χ4v) is 2.77. The van der Waals surface area contributed by atoms with Crippen LogP contribution >= 0.6 is 0 Å². The van der Waals surface area contributed by atoms with Crippen LogP contribution in [0.25, 0.3) is 12.2 Å². The van der Waals surface area contributed by atoms with Crippen molar-refractivity contribution in [1.29, 1.82) is 0 Å². The van der Waals surface area contributed by atoms with E-state index < -0.39 is 0 Å². The minimum absolute atomic E-state index is 0.0523. The SMILES string of the molecule is C[C@H]1CN(C(=O)/C=C\c2ccco2)CCN1C(=O)/C=C\c1ccco1. The van der Waals surface area contributed by atoms with Gasteiger partial charge in [-0.15, -0.1) is 0 Å². The Bertz CT molecular complexity index is 759. The van der Waals surface area contributed by atoms with Crippen LogP contribution in [0.3, 0.4) is 0 Å². The second-order valence-electron chi connectivity index (χ2n) is 5.86. The van der Waals surface area contributed by atoms with E-state index in [0.717, 1.165) is 0 Å². The summed E-state index contributed by atoms with van der Waals surface area (Å²) in [5.41, 5.74) is 0. The molecule has 0 unspecified atom stereocenters. The standard InChI is InChI=1S/C19H20N2O4/c1-15-14-20(18(22)8-6-16-4-2-12-24-16)10-11-21(15)19(23)9-7-17-5-3-13-25-17/h2-9,12-13,15H,10-11,14H2,1H3/b8-6-,9-7-/t15-/m0/s1. The summed E-state index contributed by atoms with van der Waals surface area (Å²) < 4.78 is 10.4. The highest BCUT2D eigenvalue weighted by molar-refractivity contribution is 5.93. The van der Waals surface area contributed by atoms with Gasteiger partial charge in [-0.3, -0.25) is 9.59 Å². The smallest absolute Gasteiger partial charge is 0.247 e. The Kier molecular flexibility index (Phi) is 5.18. The van der Waals surface area contributed by atoms with Gasteiger partial charge < -0.3 is 18.6 Å². The summed E-state index contributed by atoms with van der Waals surface area (Å²) in [5, 5.41) is 0. The van der Waals surface area contributed by atoms with Crippen molar-refractivity contribution in [2.24, 2.45) is 0 Å². The van der Waals surface area contributed by atoms with Crippen molar-refractivity contribution in [1.82, 2.24) is 9.80 Å².